The largest absolute Gasteiger partial charge is 0.497 e. The molecule has 0 bridgehead atoms. The number of hydrogen-bond acceptors (Lipinski definition) is 4. The lowest BCUT2D eigenvalue weighted by Crippen LogP contribution is -2.29. The molecule has 3 aromatic carbocycles. The molecule has 6 heteroatoms. The number of anilines is 1. The summed E-state index contributed by atoms with van der Waals surface area (Å²) in [5.74, 6) is 0.914. The fourth-order valence-electron chi connectivity index (χ4n) is 3.66. The van der Waals surface area contributed by atoms with E-state index in [1.807, 2.05) is 59.5 Å². The Hall–Kier alpha value is -3.25. The smallest absolute Gasteiger partial charge is 0.255 e. The van der Waals surface area contributed by atoms with Crippen LogP contribution in [0.1, 0.15) is 26.9 Å². The number of methoxy groups -OCH3 is 1. The highest BCUT2D eigenvalue weighted by Gasteiger charge is 2.36. The van der Waals surface area contributed by atoms with Crippen LogP contribution in [0, 0.1) is 0 Å². The normalized spacial score (nSPS) is 14.9. The molecule has 1 atom stereocenters. The van der Waals surface area contributed by atoms with Gasteiger partial charge < -0.3 is 15.0 Å². The number of thioether (sulfide) groups is 1. The predicted molar refractivity (Wildman–Crippen MR) is 124 cm³/mol. The summed E-state index contributed by atoms with van der Waals surface area (Å²) < 4.78 is 5.14. The van der Waals surface area contributed by atoms with Crippen molar-refractivity contribution in [1.82, 2.24) is 4.90 Å². The van der Waals surface area contributed by atoms with Gasteiger partial charge in [-0.1, -0.05) is 48.5 Å². The zero-order valence-electron chi connectivity index (χ0n) is 17.3. The average molecular weight is 433 g/mol. The van der Waals surface area contributed by atoms with Crippen LogP contribution in [0.5, 0.6) is 5.75 Å². The maximum absolute atomic E-state index is 13.0. The third-order valence-electron chi connectivity index (χ3n) is 5.23. The molecule has 1 N–H and O–H groups in total. The second-order valence-corrected chi connectivity index (χ2v) is 8.33. The summed E-state index contributed by atoms with van der Waals surface area (Å²) in [5.41, 5.74) is 3.61. The molecule has 0 saturated carbocycles. The van der Waals surface area contributed by atoms with Gasteiger partial charge in [0.05, 0.1) is 12.9 Å². The highest BCUT2D eigenvalue weighted by atomic mass is 32.2. The van der Waals surface area contributed by atoms with Crippen molar-refractivity contribution >= 4 is 29.3 Å². The SMILES string of the molecule is COc1ccc(NC(=O)CSC2c3ccccc3C(=O)N2CCc2ccccc2)cc1. The molecule has 1 aliphatic rings. The first kappa shape index (κ1) is 21.0. The molecule has 0 saturated heterocycles. The van der Waals surface area contributed by atoms with E-state index in [9.17, 15) is 9.59 Å². The summed E-state index contributed by atoms with van der Waals surface area (Å²) in [6.07, 6.45) is 0.773. The van der Waals surface area contributed by atoms with Gasteiger partial charge in [-0.15, -0.1) is 11.8 Å². The minimum atomic E-state index is -0.172. The van der Waals surface area contributed by atoms with Gasteiger partial charge in [-0.25, -0.2) is 0 Å². The van der Waals surface area contributed by atoms with Crippen LogP contribution in [0.2, 0.25) is 0 Å². The molecule has 158 valence electrons. The van der Waals surface area contributed by atoms with Crippen molar-refractivity contribution in [2.24, 2.45) is 0 Å². The summed E-state index contributed by atoms with van der Waals surface area (Å²) in [6.45, 7) is 0.606. The van der Waals surface area contributed by atoms with E-state index in [1.165, 1.54) is 17.3 Å². The molecular weight excluding hydrogens is 408 g/mol. The Balaban J connectivity index is 1.43. The molecule has 1 unspecified atom stereocenters. The van der Waals surface area contributed by atoms with Crippen LogP contribution in [0.15, 0.2) is 78.9 Å². The Bertz CT molecular complexity index is 1050. The van der Waals surface area contributed by atoms with Gasteiger partial charge in [-0.2, -0.15) is 0 Å². The van der Waals surface area contributed by atoms with Crippen LogP contribution in [0.25, 0.3) is 0 Å². The van der Waals surface area contributed by atoms with Crippen molar-refractivity contribution in [2.45, 2.75) is 11.8 Å². The number of amides is 2. The lowest BCUT2D eigenvalue weighted by molar-refractivity contribution is -0.113. The number of fused-ring (bicyclic) bond motifs is 1. The quantitative estimate of drug-likeness (QED) is 0.557. The van der Waals surface area contributed by atoms with Crippen LogP contribution in [-0.2, 0) is 11.2 Å². The maximum atomic E-state index is 13.0. The van der Waals surface area contributed by atoms with Gasteiger partial charge in [-0.05, 0) is 47.9 Å². The van der Waals surface area contributed by atoms with Crippen molar-refractivity contribution in [2.75, 3.05) is 24.7 Å². The van der Waals surface area contributed by atoms with E-state index < -0.39 is 0 Å². The van der Waals surface area contributed by atoms with Crippen molar-refractivity contribution in [3.63, 3.8) is 0 Å². The number of carbonyl (C=O) groups excluding carboxylic acids is 2. The Morgan fingerprint density at radius 2 is 1.71 bits per heavy atom. The Kier molecular flexibility index (Phi) is 6.57. The van der Waals surface area contributed by atoms with Gasteiger partial charge >= 0.3 is 0 Å². The molecule has 0 spiro atoms. The van der Waals surface area contributed by atoms with E-state index in [0.717, 1.165) is 29.0 Å². The average Bonchev–Trinajstić information content (AvgIpc) is 3.08. The van der Waals surface area contributed by atoms with Crippen molar-refractivity contribution in [3.8, 4) is 5.75 Å². The number of carbonyl (C=O) groups is 2. The molecule has 0 fully saturated rings. The fourth-order valence-corrected chi connectivity index (χ4v) is 4.80. The second kappa shape index (κ2) is 9.71. The van der Waals surface area contributed by atoms with Gasteiger partial charge in [0.15, 0.2) is 0 Å². The molecule has 0 aliphatic carbocycles. The molecule has 1 heterocycles. The number of ether oxygens (including phenoxy) is 1. The van der Waals surface area contributed by atoms with E-state index in [-0.39, 0.29) is 22.9 Å². The third kappa shape index (κ3) is 4.91. The molecular formula is C25H24N2O3S. The lowest BCUT2D eigenvalue weighted by Gasteiger charge is -2.25. The minimum absolute atomic E-state index is 0.0274. The number of benzene rings is 3. The zero-order chi connectivity index (χ0) is 21.6. The van der Waals surface area contributed by atoms with Gasteiger partial charge in [0.1, 0.15) is 11.1 Å². The number of rotatable bonds is 8. The first-order valence-electron chi connectivity index (χ1n) is 10.1. The van der Waals surface area contributed by atoms with Crippen LogP contribution in [-0.4, -0.2) is 36.1 Å². The van der Waals surface area contributed by atoms with Gasteiger partial charge in [0, 0.05) is 17.8 Å². The summed E-state index contributed by atoms with van der Waals surface area (Å²) in [6, 6.07) is 25.0. The predicted octanol–water partition coefficient (Wildman–Crippen LogP) is 4.76. The molecule has 2 amide bonds. The van der Waals surface area contributed by atoms with Crippen LogP contribution in [0.4, 0.5) is 5.69 Å². The zero-order valence-corrected chi connectivity index (χ0v) is 18.1. The molecule has 1 aliphatic heterocycles. The van der Waals surface area contributed by atoms with E-state index in [4.69, 9.17) is 4.74 Å². The van der Waals surface area contributed by atoms with Crippen molar-refractivity contribution in [1.29, 1.82) is 0 Å². The first-order valence-corrected chi connectivity index (χ1v) is 11.2. The monoisotopic (exact) mass is 432 g/mol. The lowest BCUT2D eigenvalue weighted by atomic mass is 10.1. The highest BCUT2D eigenvalue weighted by Crippen LogP contribution is 2.41. The Labute approximate surface area is 186 Å². The summed E-state index contributed by atoms with van der Waals surface area (Å²) in [4.78, 5) is 27.4. The van der Waals surface area contributed by atoms with Crippen molar-refractivity contribution < 1.29 is 14.3 Å². The third-order valence-corrected chi connectivity index (χ3v) is 6.48. The maximum Gasteiger partial charge on any atom is 0.255 e. The molecule has 4 rings (SSSR count). The van der Waals surface area contributed by atoms with Gasteiger partial charge in [0.25, 0.3) is 5.91 Å². The molecule has 0 aromatic heterocycles. The van der Waals surface area contributed by atoms with Crippen LogP contribution in [0.3, 0.4) is 0 Å². The first-order chi connectivity index (χ1) is 15.2. The molecule has 3 aromatic rings. The second-order valence-electron chi connectivity index (χ2n) is 7.26. The van der Waals surface area contributed by atoms with Crippen LogP contribution < -0.4 is 10.1 Å². The topological polar surface area (TPSA) is 58.6 Å². The number of nitrogens with zero attached hydrogens (tertiary/aromatic N) is 1. The van der Waals surface area contributed by atoms with Crippen molar-refractivity contribution in [3.05, 3.63) is 95.6 Å². The van der Waals surface area contributed by atoms with E-state index in [0.29, 0.717) is 6.54 Å². The van der Waals surface area contributed by atoms with E-state index >= 15 is 0 Å². The van der Waals surface area contributed by atoms with Gasteiger partial charge in [0.2, 0.25) is 5.91 Å². The minimum Gasteiger partial charge on any atom is -0.497 e. The number of hydrogen-bond donors (Lipinski definition) is 1. The summed E-state index contributed by atoms with van der Waals surface area (Å²) in [7, 11) is 1.61. The van der Waals surface area contributed by atoms with E-state index in [1.54, 1.807) is 19.2 Å². The highest BCUT2D eigenvalue weighted by molar-refractivity contribution is 8.00. The molecule has 31 heavy (non-hydrogen) atoms. The molecule has 0 radical (unpaired) electrons. The van der Waals surface area contributed by atoms with E-state index in [2.05, 4.69) is 17.4 Å². The van der Waals surface area contributed by atoms with Gasteiger partial charge in [-0.3, -0.25) is 9.59 Å². The summed E-state index contributed by atoms with van der Waals surface area (Å²) >= 11 is 1.48. The molecule has 5 nitrogen and oxygen atoms in total. The summed E-state index contributed by atoms with van der Waals surface area (Å²) in [5, 5.41) is 2.73. The van der Waals surface area contributed by atoms with Crippen LogP contribution >= 0.6 is 11.8 Å². The Morgan fingerprint density at radius 3 is 2.45 bits per heavy atom. The Morgan fingerprint density at radius 1 is 1.00 bits per heavy atom. The number of nitrogens with one attached hydrogen (secondary N) is 1. The fraction of sp³-hybridized carbons (Fsp3) is 0.200. The standard InChI is InChI=1S/C25H24N2O3S/c1-30-20-13-11-19(12-14-20)26-23(28)17-31-25-22-10-6-5-9-21(22)24(29)27(25)16-15-18-7-3-2-4-8-18/h2-14,25H,15-17H2,1H3,(H,26,28).